The Bertz CT molecular complexity index is 581. The normalized spacial score (nSPS) is 11.7. The van der Waals surface area contributed by atoms with Crippen LogP contribution in [0.1, 0.15) is 38.1 Å². The van der Waals surface area contributed by atoms with E-state index in [0.29, 0.717) is 17.9 Å². The van der Waals surface area contributed by atoms with Crippen molar-refractivity contribution in [3.05, 3.63) is 29.8 Å². The van der Waals surface area contributed by atoms with Crippen LogP contribution in [0.2, 0.25) is 0 Å². The Morgan fingerprint density at radius 3 is 2.16 bits per heavy atom. The topological polar surface area (TPSA) is 133 Å². The van der Waals surface area contributed by atoms with E-state index in [4.69, 9.17) is 24.5 Å². The number of β-amino-alcohol motifs (C(OH)–C–C–N with tert-alkyl or cyclic N) is 1. The number of aliphatic carboxylic acids is 2. The van der Waals surface area contributed by atoms with Crippen molar-refractivity contribution in [1.29, 1.82) is 0 Å². The van der Waals surface area contributed by atoms with E-state index in [0.717, 1.165) is 0 Å². The van der Waals surface area contributed by atoms with Crippen LogP contribution in [-0.2, 0) is 9.59 Å². The summed E-state index contributed by atoms with van der Waals surface area (Å²) >= 11 is 0. The molecule has 4 N–H and O–H groups in total. The number of nitrogens with one attached hydrogen (secondary N) is 1. The Morgan fingerprint density at radius 2 is 1.72 bits per heavy atom. The van der Waals surface area contributed by atoms with Crippen molar-refractivity contribution < 1.29 is 34.4 Å². The molecule has 0 amide bonds. The molecule has 1 aromatic carbocycles. The van der Waals surface area contributed by atoms with Crippen LogP contribution < -0.4 is 10.1 Å². The van der Waals surface area contributed by atoms with Crippen LogP contribution in [0.3, 0.4) is 0 Å². The van der Waals surface area contributed by atoms with E-state index in [9.17, 15) is 9.90 Å². The van der Waals surface area contributed by atoms with Gasteiger partial charge in [-0.3, -0.25) is 4.79 Å². The largest absolute Gasteiger partial charge is 0.491 e. The van der Waals surface area contributed by atoms with Crippen LogP contribution in [0, 0.1) is 0 Å². The predicted molar refractivity (Wildman–Crippen MR) is 91.0 cm³/mol. The van der Waals surface area contributed by atoms with Gasteiger partial charge in [0, 0.05) is 17.6 Å². The van der Waals surface area contributed by atoms with Gasteiger partial charge in [0.25, 0.3) is 0 Å². The fourth-order valence-electron chi connectivity index (χ4n) is 1.48. The lowest BCUT2D eigenvalue weighted by molar-refractivity contribution is -0.159. The highest BCUT2D eigenvalue weighted by atomic mass is 16.5. The highest BCUT2D eigenvalue weighted by Crippen LogP contribution is 2.14. The van der Waals surface area contributed by atoms with Crippen molar-refractivity contribution in [3.63, 3.8) is 0 Å². The zero-order valence-electron chi connectivity index (χ0n) is 14.8. The summed E-state index contributed by atoms with van der Waals surface area (Å²) in [6.45, 7) is 8.30. The van der Waals surface area contributed by atoms with Crippen LogP contribution in [0.5, 0.6) is 5.75 Å². The number of ketones is 1. The van der Waals surface area contributed by atoms with Gasteiger partial charge in [0.2, 0.25) is 0 Å². The second-order valence-corrected chi connectivity index (χ2v) is 6.29. The van der Waals surface area contributed by atoms with E-state index in [1.807, 2.05) is 20.8 Å². The number of hydrogen-bond donors (Lipinski definition) is 4. The highest BCUT2D eigenvalue weighted by Gasteiger charge is 2.12. The first kappa shape index (κ1) is 22.6. The first-order chi connectivity index (χ1) is 11.4. The van der Waals surface area contributed by atoms with Crippen LogP contribution in [0.15, 0.2) is 24.3 Å². The Hall–Kier alpha value is -2.45. The van der Waals surface area contributed by atoms with Crippen molar-refractivity contribution >= 4 is 17.7 Å². The lowest BCUT2D eigenvalue weighted by atomic mass is 10.1. The molecule has 0 bridgehead atoms. The van der Waals surface area contributed by atoms with E-state index in [2.05, 4.69) is 5.32 Å². The Kier molecular flexibility index (Phi) is 9.40. The molecule has 0 aromatic heterocycles. The fourth-order valence-corrected chi connectivity index (χ4v) is 1.48. The second kappa shape index (κ2) is 10.4. The molecule has 1 unspecified atom stereocenters. The van der Waals surface area contributed by atoms with Crippen molar-refractivity contribution in [1.82, 2.24) is 5.32 Å². The maximum atomic E-state index is 11.2. The Balaban J connectivity index is 0.000000823. The quantitative estimate of drug-likeness (QED) is 0.441. The molecule has 0 heterocycles. The van der Waals surface area contributed by atoms with Crippen molar-refractivity contribution in [2.45, 2.75) is 39.3 Å². The number of aliphatic hydroxyl groups excluding tert-OH is 1. The van der Waals surface area contributed by atoms with Crippen LogP contribution >= 0.6 is 0 Å². The van der Waals surface area contributed by atoms with Gasteiger partial charge in [-0.05, 0) is 39.8 Å². The molecule has 25 heavy (non-hydrogen) atoms. The molecule has 0 radical (unpaired) electrons. The van der Waals surface area contributed by atoms with Crippen LogP contribution in [0.4, 0.5) is 0 Å². The summed E-state index contributed by atoms with van der Waals surface area (Å²) in [4.78, 5) is 29.4. The Labute approximate surface area is 146 Å². The van der Waals surface area contributed by atoms with Crippen LogP contribution in [0.25, 0.3) is 0 Å². The van der Waals surface area contributed by atoms with Gasteiger partial charge in [-0.15, -0.1) is 0 Å². The maximum absolute atomic E-state index is 11.2. The van der Waals surface area contributed by atoms with Gasteiger partial charge in [-0.1, -0.05) is 12.1 Å². The third kappa shape index (κ3) is 11.7. The molecule has 0 fully saturated rings. The molecular weight excluding hydrogens is 330 g/mol. The third-order valence-corrected chi connectivity index (χ3v) is 2.73. The number of carboxylic acids is 2. The highest BCUT2D eigenvalue weighted by molar-refractivity contribution is 6.27. The first-order valence-electron chi connectivity index (χ1n) is 7.55. The molecule has 8 heteroatoms. The minimum atomic E-state index is -1.82. The number of carboxylic acid groups (broad SMARTS) is 2. The zero-order valence-corrected chi connectivity index (χ0v) is 14.8. The summed E-state index contributed by atoms with van der Waals surface area (Å²) in [5, 5.41) is 27.8. The average molecular weight is 355 g/mol. The van der Waals surface area contributed by atoms with E-state index in [1.54, 1.807) is 24.3 Å². The standard InChI is InChI=1S/C15H23NO3.C2H2O4/c1-11(17)12-6-5-7-14(8-12)19-10-13(18)9-16-15(2,3)4;3-1(4)2(5)6/h5-8,13,16,18H,9-10H2,1-4H3;(H,3,4)(H,5,6). The van der Waals surface area contributed by atoms with Gasteiger partial charge in [-0.25, -0.2) is 9.59 Å². The summed E-state index contributed by atoms with van der Waals surface area (Å²) in [5.74, 6) is -3.05. The molecule has 1 atom stereocenters. The van der Waals surface area contributed by atoms with Gasteiger partial charge in [0.05, 0.1) is 0 Å². The number of hydrogen-bond acceptors (Lipinski definition) is 6. The molecule has 0 aliphatic carbocycles. The molecular formula is C17H25NO7. The second-order valence-electron chi connectivity index (χ2n) is 6.29. The molecule has 0 saturated carbocycles. The SMILES string of the molecule is CC(=O)c1cccc(OCC(O)CNC(C)(C)C)c1.O=C(O)C(=O)O. The molecule has 0 aliphatic rings. The summed E-state index contributed by atoms with van der Waals surface area (Å²) < 4.78 is 5.48. The van der Waals surface area contributed by atoms with Gasteiger partial charge in [-0.2, -0.15) is 0 Å². The third-order valence-electron chi connectivity index (χ3n) is 2.73. The number of ether oxygens (including phenoxy) is 1. The molecule has 1 aromatic rings. The first-order valence-corrected chi connectivity index (χ1v) is 7.55. The van der Waals surface area contributed by atoms with Gasteiger partial charge in [0.1, 0.15) is 18.5 Å². The van der Waals surface area contributed by atoms with E-state index in [-0.39, 0.29) is 17.9 Å². The lowest BCUT2D eigenvalue weighted by Crippen LogP contribution is -2.42. The number of Topliss-reactive ketones (excluding diaryl/α,β-unsaturated/α-hetero) is 1. The van der Waals surface area contributed by atoms with Gasteiger partial charge in [0.15, 0.2) is 5.78 Å². The zero-order chi connectivity index (χ0) is 19.6. The molecule has 8 nitrogen and oxygen atoms in total. The monoisotopic (exact) mass is 355 g/mol. The van der Waals surface area contributed by atoms with Crippen LogP contribution in [-0.4, -0.2) is 57.8 Å². The summed E-state index contributed by atoms with van der Waals surface area (Å²) in [6, 6.07) is 6.97. The number of carbonyl (C=O) groups is 3. The number of benzene rings is 1. The van der Waals surface area contributed by atoms with E-state index in [1.165, 1.54) is 6.92 Å². The van der Waals surface area contributed by atoms with Crippen molar-refractivity contribution in [2.24, 2.45) is 0 Å². The van der Waals surface area contributed by atoms with Gasteiger partial charge >= 0.3 is 11.9 Å². The van der Waals surface area contributed by atoms with E-state index >= 15 is 0 Å². The minimum absolute atomic E-state index is 0.000368. The molecule has 0 spiro atoms. The molecule has 1 rings (SSSR count). The van der Waals surface area contributed by atoms with Crippen molar-refractivity contribution in [2.75, 3.05) is 13.2 Å². The van der Waals surface area contributed by atoms with Gasteiger partial charge < -0.3 is 25.4 Å². The Morgan fingerprint density at radius 1 is 1.16 bits per heavy atom. The number of carbonyl (C=O) groups excluding carboxylic acids is 1. The summed E-state index contributed by atoms with van der Waals surface area (Å²) in [7, 11) is 0. The predicted octanol–water partition coefficient (Wildman–Crippen LogP) is 1.17. The molecule has 0 saturated heterocycles. The molecule has 140 valence electrons. The summed E-state index contributed by atoms with van der Waals surface area (Å²) in [6.07, 6.45) is -0.583. The fraction of sp³-hybridized carbons (Fsp3) is 0.471. The smallest absolute Gasteiger partial charge is 0.414 e. The molecule has 0 aliphatic heterocycles. The summed E-state index contributed by atoms with van der Waals surface area (Å²) in [5.41, 5.74) is 0.579. The average Bonchev–Trinajstić information content (AvgIpc) is 2.51. The maximum Gasteiger partial charge on any atom is 0.414 e. The lowest BCUT2D eigenvalue weighted by Gasteiger charge is -2.23. The van der Waals surface area contributed by atoms with E-state index < -0.39 is 18.0 Å². The number of rotatable bonds is 6. The van der Waals surface area contributed by atoms with Crippen molar-refractivity contribution in [3.8, 4) is 5.75 Å². The minimum Gasteiger partial charge on any atom is -0.491 e. The number of aliphatic hydroxyl groups is 1.